The van der Waals surface area contributed by atoms with E-state index in [1.54, 1.807) is 0 Å². The normalized spacial score (nSPS) is 26.7. The molecule has 0 aromatic carbocycles. The molecule has 0 bridgehead atoms. The minimum atomic E-state index is -2.16. The van der Waals surface area contributed by atoms with Crippen molar-refractivity contribution in [2.45, 2.75) is 55.1 Å². The average Bonchev–Trinajstić information content (AvgIpc) is 2.92. The van der Waals surface area contributed by atoms with Crippen LogP contribution in [-0.4, -0.2) is 168 Å². The molecule has 9 atom stereocenters. The van der Waals surface area contributed by atoms with Crippen LogP contribution in [0, 0.1) is 0 Å². The molecule has 1 saturated heterocycles. The van der Waals surface area contributed by atoms with Crippen molar-refractivity contribution in [1.29, 1.82) is 0 Å². The fourth-order valence-corrected chi connectivity index (χ4v) is 3.22. The minimum Gasteiger partial charge on any atom is -0.394 e. The van der Waals surface area contributed by atoms with Gasteiger partial charge < -0.3 is 69.9 Å². The summed E-state index contributed by atoms with van der Waals surface area (Å²) in [5.74, 6) is -1.07. The fourth-order valence-electron chi connectivity index (χ4n) is 3.22. The fraction of sp³-hybridized carbons (Fsp3) is 0.950. The van der Waals surface area contributed by atoms with Gasteiger partial charge in [0.1, 0.15) is 42.7 Å². The average molecular weight is 559 g/mol. The molecule has 0 saturated carbocycles. The first-order valence-electron chi connectivity index (χ1n) is 11.8. The van der Waals surface area contributed by atoms with Crippen molar-refractivity contribution in [2.75, 3.05) is 65.9 Å². The Balaban J connectivity index is 2.41. The Morgan fingerprint density at radius 2 is 1.55 bits per heavy atom. The quantitative estimate of drug-likeness (QED) is 0.0292. The van der Waals surface area contributed by atoms with Gasteiger partial charge in [-0.15, -0.1) is 0 Å². The molecule has 0 unspecified atom stereocenters. The maximum Gasteiger partial charge on any atom is 0.251 e. The molecule has 1 amide bonds. The molecule has 0 spiro atoms. The summed E-state index contributed by atoms with van der Waals surface area (Å²) in [6.45, 7) is -0.233. The van der Waals surface area contributed by atoms with Crippen LogP contribution in [0.15, 0.2) is 5.11 Å². The number of ether oxygens (including phenoxy) is 5. The maximum atomic E-state index is 12.2. The van der Waals surface area contributed by atoms with E-state index in [0.29, 0.717) is 13.2 Å². The highest BCUT2D eigenvalue weighted by Crippen LogP contribution is 2.25. The smallest absolute Gasteiger partial charge is 0.251 e. The second-order valence-corrected chi connectivity index (χ2v) is 8.07. The van der Waals surface area contributed by atoms with Gasteiger partial charge in [-0.25, -0.2) is 0 Å². The van der Waals surface area contributed by atoms with Gasteiger partial charge in [-0.05, 0) is 5.53 Å². The van der Waals surface area contributed by atoms with Gasteiger partial charge in [0.25, 0.3) is 5.91 Å². The second-order valence-electron chi connectivity index (χ2n) is 8.07. The number of rotatable bonds is 20. The van der Waals surface area contributed by atoms with Crippen LogP contribution in [0.2, 0.25) is 0 Å². The van der Waals surface area contributed by atoms with Crippen molar-refractivity contribution in [3.05, 3.63) is 10.4 Å². The van der Waals surface area contributed by atoms with Crippen LogP contribution >= 0.6 is 0 Å². The lowest BCUT2D eigenvalue weighted by Crippen LogP contribution is -2.62. The first-order chi connectivity index (χ1) is 18.2. The molecule has 1 rings (SSSR count). The predicted octanol–water partition coefficient (Wildman–Crippen LogP) is -5.28. The largest absolute Gasteiger partial charge is 0.394 e. The molecule has 1 aliphatic rings. The summed E-state index contributed by atoms with van der Waals surface area (Å²) < 4.78 is 26.0. The van der Waals surface area contributed by atoms with Gasteiger partial charge in [0.05, 0.1) is 52.9 Å². The molecule has 1 aliphatic heterocycles. The molecule has 1 fully saturated rings. The highest BCUT2D eigenvalue weighted by Gasteiger charge is 2.47. The zero-order chi connectivity index (χ0) is 28.5. The Hall–Kier alpha value is -1.74. The molecule has 222 valence electrons. The van der Waals surface area contributed by atoms with E-state index in [4.69, 9.17) is 29.2 Å². The van der Waals surface area contributed by atoms with Crippen molar-refractivity contribution in [2.24, 2.45) is 5.11 Å². The van der Waals surface area contributed by atoms with Crippen LogP contribution in [0.1, 0.15) is 0 Å². The van der Waals surface area contributed by atoms with Crippen LogP contribution in [0.3, 0.4) is 0 Å². The van der Waals surface area contributed by atoms with Gasteiger partial charge in [0.2, 0.25) is 0 Å². The third-order valence-corrected chi connectivity index (χ3v) is 5.32. The van der Waals surface area contributed by atoms with Crippen molar-refractivity contribution < 1.29 is 69.3 Å². The van der Waals surface area contributed by atoms with E-state index in [0.717, 1.165) is 0 Å². The van der Waals surface area contributed by atoms with E-state index in [1.807, 2.05) is 0 Å². The Morgan fingerprint density at radius 1 is 0.947 bits per heavy atom. The molecule has 0 aromatic rings. The molecule has 38 heavy (non-hydrogen) atoms. The van der Waals surface area contributed by atoms with Crippen LogP contribution in [0.4, 0.5) is 0 Å². The van der Waals surface area contributed by atoms with Gasteiger partial charge in [-0.2, -0.15) is 0 Å². The van der Waals surface area contributed by atoms with Gasteiger partial charge in [-0.1, -0.05) is 5.11 Å². The summed E-state index contributed by atoms with van der Waals surface area (Å²) in [7, 11) is 0. The van der Waals surface area contributed by atoms with E-state index < -0.39 is 74.2 Å². The highest BCUT2D eigenvalue weighted by atomic mass is 16.7. The summed E-state index contributed by atoms with van der Waals surface area (Å²) in [5.41, 5.74) is 8.12. The molecular formula is C20H38N4O14. The SMILES string of the molecule is [N-]=[N+]=NCCOCCOCCOCCNC(=O)[C@H](O)[C@@H](O)[C@H](O[C@H]1O[C@H](CO)[C@@H](O)[C@H](O)[C@H]1O)[C@H](O)CO. The summed E-state index contributed by atoms with van der Waals surface area (Å²) in [6.07, 6.45) is -16.6. The number of azide groups is 1. The van der Waals surface area contributed by atoms with E-state index in [9.17, 15) is 45.6 Å². The van der Waals surface area contributed by atoms with Crippen LogP contribution < -0.4 is 5.32 Å². The van der Waals surface area contributed by atoms with E-state index in [2.05, 4.69) is 15.3 Å². The van der Waals surface area contributed by atoms with Gasteiger partial charge in [0.15, 0.2) is 12.4 Å². The molecule has 18 nitrogen and oxygen atoms in total. The lowest BCUT2D eigenvalue weighted by molar-refractivity contribution is -0.326. The van der Waals surface area contributed by atoms with E-state index >= 15 is 0 Å². The predicted molar refractivity (Wildman–Crippen MR) is 123 cm³/mol. The Kier molecular flexibility index (Phi) is 17.5. The zero-order valence-electron chi connectivity index (χ0n) is 20.6. The molecule has 0 aromatic heterocycles. The summed E-state index contributed by atoms with van der Waals surface area (Å²) in [6, 6.07) is 0. The first-order valence-corrected chi connectivity index (χ1v) is 11.8. The van der Waals surface area contributed by atoms with Crippen molar-refractivity contribution in [3.8, 4) is 0 Å². The Labute approximate surface area is 217 Å². The number of carbonyl (C=O) groups excluding carboxylic acids is 1. The zero-order valence-corrected chi connectivity index (χ0v) is 20.6. The van der Waals surface area contributed by atoms with Crippen LogP contribution in [0.5, 0.6) is 0 Å². The Morgan fingerprint density at radius 3 is 2.13 bits per heavy atom. The highest BCUT2D eigenvalue weighted by molar-refractivity contribution is 5.81. The second kappa shape index (κ2) is 19.3. The third-order valence-electron chi connectivity index (χ3n) is 5.32. The summed E-state index contributed by atoms with van der Waals surface area (Å²) >= 11 is 0. The Bertz CT molecular complexity index is 701. The maximum absolute atomic E-state index is 12.2. The summed E-state index contributed by atoms with van der Waals surface area (Å²) in [5, 5.41) is 84.6. The molecule has 1 heterocycles. The van der Waals surface area contributed by atoms with Gasteiger partial charge in [-0.3, -0.25) is 4.79 Å². The third kappa shape index (κ3) is 11.6. The molecule has 0 aliphatic carbocycles. The minimum absolute atomic E-state index is 0.0324. The van der Waals surface area contributed by atoms with Gasteiger partial charge >= 0.3 is 0 Å². The number of aliphatic hydroxyl groups is 8. The van der Waals surface area contributed by atoms with Crippen molar-refractivity contribution in [3.63, 3.8) is 0 Å². The van der Waals surface area contributed by atoms with Crippen molar-refractivity contribution >= 4 is 5.91 Å². The molecule has 9 N–H and O–H groups in total. The van der Waals surface area contributed by atoms with Gasteiger partial charge in [0, 0.05) is 18.0 Å². The van der Waals surface area contributed by atoms with Crippen molar-refractivity contribution in [1.82, 2.24) is 5.32 Å². The molecule has 0 radical (unpaired) electrons. The number of amides is 1. The number of nitrogens with zero attached hydrogens (tertiary/aromatic N) is 3. The molecule has 18 heteroatoms. The van der Waals surface area contributed by atoms with Crippen LogP contribution in [0.25, 0.3) is 10.4 Å². The topological polar surface area (TPSA) is 286 Å². The standard InChI is InChI=1S/C20H38N4O14/c21-24-23-2-4-35-6-8-36-7-5-34-3-1-22-19(33)16(31)15(30)18(11(27)9-25)38-20-17(32)14(29)13(28)12(10-26)37-20/h11-18,20,25-32H,1-10H2,(H,22,33)/t11-,12-,13-,14+,15-,16-,17-,18-,20-/m1/s1. The van der Waals surface area contributed by atoms with E-state index in [1.165, 1.54) is 0 Å². The number of hydrogen-bond donors (Lipinski definition) is 9. The molecular weight excluding hydrogens is 520 g/mol. The van der Waals surface area contributed by atoms with E-state index in [-0.39, 0.29) is 39.5 Å². The first kappa shape index (κ1) is 34.3. The van der Waals surface area contributed by atoms with Crippen LogP contribution in [-0.2, 0) is 28.5 Å². The number of hydrogen-bond acceptors (Lipinski definition) is 15. The number of nitrogens with one attached hydrogen (secondary N) is 1. The summed E-state index contributed by atoms with van der Waals surface area (Å²) in [4.78, 5) is 14.8. The number of aliphatic hydroxyl groups excluding tert-OH is 8. The lowest BCUT2D eigenvalue weighted by atomic mass is 9.98. The lowest BCUT2D eigenvalue weighted by Gasteiger charge is -2.42. The monoisotopic (exact) mass is 558 g/mol. The number of carbonyl (C=O) groups is 1.